The van der Waals surface area contributed by atoms with Crippen molar-refractivity contribution in [3.63, 3.8) is 0 Å². The molecule has 0 saturated carbocycles. The zero-order valence-corrected chi connectivity index (χ0v) is 34.6. The Labute approximate surface area is 321 Å². The van der Waals surface area contributed by atoms with Crippen LogP contribution in [-0.4, -0.2) is 130 Å². The fourth-order valence-electron chi connectivity index (χ4n) is 7.48. The molecule has 3 N–H and O–H groups in total. The quantitative estimate of drug-likeness (QED) is 0.160. The standard InChI is InChI=1S/C40H66FN5O8/c1-14-24(6)35(45(10)40(51)34(23(4)5)44-39(50)33(42-9)22(2)3)31(53-12)20-32(47)46-21-29(52-11)19-30(46)37(54-13)25(7)38(49)43-26(8)36(48)27-15-17-28(41)18-16-27/h15-18,22-26,29-31,33-35,37,42H,14,19-21H2,1-13H3,(H,43,49)(H,44,50)/t24-,25+,26-,29+,30+,31-,33-,34-,35-,37+/m0/s1. The number of Topliss-reactive ketones (excluding diaryl/α,β-unsaturated/α-hetero) is 1. The number of ketones is 1. The molecule has 0 aromatic heterocycles. The number of ether oxygens (including phenoxy) is 3. The SMILES string of the molecule is CC[C@H](C)[C@@H]([C@H](CC(=O)N1C[C@H](OC)C[C@@H]1[C@H](OC)[C@@H](C)C(=O)N[C@@H](C)C(=O)c1ccc(F)cc1)OC)N(C)C(=O)[C@@H](NC(=O)[C@@H](NC)C(C)C)C(C)C. The van der Waals surface area contributed by atoms with Gasteiger partial charge in [-0.15, -0.1) is 0 Å². The number of halogens is 1. The molecule has 10 atom stereocenters. The lowest BCUT2D eigenvalue weighted by Crippen LogP contribution is -2.59. The lowest BCUT2D eigenvalue weighted by Gasteiger charge is -2.41. The van der Waals surface area contributed by atoms with Crippen LogP contribution < -0.4 is 16.0 Å². The van der Waals surface area contributed by atoms with Gasteiger partial charge in [0.15, 0.2) is 5.78 Å². The molecule has 1 aliphatic heterocycles. The molecule has 0 aliphatic carbocycles. The highest BCUT2D eigenvalue weighted by atomic mass is 19.1. The van der Waals surface area contributed by atoms with Crippen LogP contribution in [0.5, 0.6) is 0 Å². The molecule has 306 valence electrons. The topological polar surface area (TPSA) is 156 Å². The Morgan fingerprint density at radius 2 is 1.48 bits per heavy atom. The summed E-state index contributed by atoms with van der Waals surface area (Å²) < 4.78 is 31.0. The minimum Gasteiger partial charge on any atom is -0.380 e. The molecule has 1 aromatic rings. The van der Waals surface area contributed by atoms with E-state index in [9.17, 15) is 28.4 Å². The molecule has 1 aliphatic rings. The Morgan fingerprint density at radius 3 is 1.96 bits per heavy atom. The molecule has 0 unspecified atom stereocenters. The molecule has 0 spiro atoms. The van der Waals surface area contributed by atoms with Gasteiger partial charge in [-0.2, -0.15) is 0 Å². The van der Waals surface area contributed by atoms with Crippen LogP contribution in [0.3, 0.4) is 0 Å². The van der Waals surface area contributed by atoms with Crippen LogP contribution in [0.25, 0.3) is 0 Å². The number of hydrogen-bond acceptors (Lipinski definition) is 9. The number of nitrogens with zero attached hydrogens (tertiary/aromatic N) is 2. The highest BCUT2D eigenvalue weighted by Gasteiger charge is 2.46. The van der Waals surface area contributed by atoms with Crippen molar-refractivity contribution in [2.24, 2.45) is 23.7 Å². The number of benzene rings is 1. The molecule has 2 rings (SSSR count). The number of methoxy groups -OCH3 is 3. The van der Waals surface area contributed by atoms with Gasteiger partial charge in [0, 0.05) is 40.5 Å². The Morgan fingerprint density at radius 1 is 0.889 bits per heavy atom. The van der Waals surface area contributed by atoms with Crippen molar-refractivity contribution in [3.05, 3.63) is 35.6 Å². The largest absolute Gasteiger partial charge is 0.380 e. The molecule has 0 radical (unpaired) electrons. The summed E-state index contributed by atoms with van der Waals surface area (Å²) in [6.45, 7) is 15.2. The lowest BCUT2D eigenvalue weighted by molar-refractivity contribution is -0.148. The Kier molecular flexibility index (Phi) is 18.7. The Hall–Kier alpha value is -3.46. The molecule has 14 heteroatoms. The number of hydrogen-bond donors (Lipinski definition) is 3. The molecular weight excluding hydrogens is 697 g/mol. The minimum atomic E-state index is -0.890. The summed E-state index contributed by atoms with van der Waals surface area (Å²) in [4.78, 5) is 71.5. The molecule has 54 heavy (non-hydrogen) atoms. The highest BCUT2D eigenvalue weighted by Crippen LogP contribution is 2.31. The van der Waals surface area contributed by atoms with Gasteiger partial charge in [-0.3, -0.25) is 24.0 Å². The summed E-state index contributed by atoms with van der Waals surface area (Å²) in [6, 6.07) is 1.90. The zero-order valence-electron chi connectivity index (χ0n) is 34.6. The first-order valence-electron chi connectivity index (χ1n) is 19.1. The van der Waals surface area contributed by atoms with Gasteiger partial charge in [-0.05, 0) is 62.4 Å². The predicted octanol–water partition coefficient (Wildman–Crippen LogP) is 3.44. The molecule has 13 nitrogen and oxygen atoms in total. The van der Waals surface area contributed by atoms with Crippen LogP contribution in [0.15, 0.2) is 24.3 Å². The monoisotopic (exact) mass is 763 g/mol. The molecule has 1 aromatic carbocycles. The maximum Gasteiger partial charge on any atom is 0.245 e. The third-order valence-electron chi connectivity index (χ3n) is 11.0. The maximum atomic E-state index is 14.3. The van der Waals surface area contributed by atoms with E-state index in [1.54, 1.807) is 44.9 Å². The fraction of sp³-hybridized carbons (Fsp3) is 0.725. The second-order valence-electron chi connectivity index (χ2n) is 15.3. The lowest BCUT2D eigenvalue weighted by atomic mass is 9.89. The van der Waals surface area contributed by atoms with Gasteiger partial charge >= 0.3 is 0 Å². The predicted molar refractivity (Wildman–Crippen MR) is 205 cm³/mol. The number of likely N-dealkylation sites (N-methyl/N-ethyl adjacent to an activating group) is 2. The molecule has 1 heterocycles. The summed E-state index contributed by atoms with van der Waals surface area (Å²) in [6.07, 6.45) is -0.725. The Bertz CT molecular complexity index is 1390. The number of carbonyl (C=O) groups is 5. The molecule has 1 fully saturated rings. The number of likely N-dealkylation sites (tertiary alicyclic amines) is 1. The van der Waals surface area contributed by atoms with Crippen molar-refractivity contribution in [3.8, 4) is 0 Å². The Balaban J connectivity index is 2.32. The average Bonchev–Trinajstić information content (AvgIpc) is 3.57. The average molecular weight is 764 g/mol. The first-order chi connectivity index (χ1) is 25.4. The summed E-state index contributed by atoms with van der Waals surface area (Å²) in [5.74, 6) is -3.11. The van der Waals surface area contributed by atoms with Crippen molar-refractivity contribution < 1.29 is 42.6 Å². The summed E-state index contributed by atoms with van der Waals surface area (Å²) in [7, 11) is 7.97. The fourth-order valence-corrected chi connectivity index (χ4v) is 7.48. The van der Waals surface area contributed by atoms with Gasteiger partial charge in [0.2, 0.25) is 23.6 Å². The van der Waals surface area contributed by atoms with E-state index in [1.165, 1.54) is 38.5 Å². The molecule has 0 bridgehead atoms. The number of rotatable bonds is 21. The van der Waals surface area contributed by atoms with Crippen molar-refractivity contribution >= 4 is 29.4 Å². The summed E-state index contributed by atoms with van der Waals surface area (Å²) in [5.41, 5.74) is 0.268. The van der Waals surface area contributed by atoms with E-state index in [-0.39, 0.29) is 65.9 Å². The van der Waals surface area contributed by atoms with Crippen LogP contribution in [0.4, 0.5) is 4.39 Å². The van der Waals surface area contributed by atoms with E-state index >= 15 is 0 Å². The second-order valence-corrected chi connectivity index (χ2v) is 15.3. The van der Waals surface area contributed by atoms with E-state index in [0.717, 1.165) is 0 Å². The van der Waals surface area contributed by atoms with Crippen molar-refractivity contribution in [1.82, 2.24) is 25.8 Å². The van der Waals surface area contributed by atoms with Crippen LogP contribution >= 0.6 is 0 Å². The first kappa shape index (κ1) is 46.7. The van der Waals surface area contributed by atoms with Crippen LogP contribution in [0.2, 0.25) is 0 Å². The van der Waals surface area contributed by atoms with Crippen molar-refractivity contribution in [2.75, 3.05) is 42.0 Å². The zero-order chi connectivity index (χ0) is 41.0. The van der Waals surface area contributed by atoms with Crippen LogP contribution in [-0.2, 0) is 33.4 Å². The normalized spacial score (nSPS) is 20.4. The van der Waals surface area contributed by atoms with Gasteiger partial charge in [0.05, 0.1) is 54.8 Å². The smallest absolute Gasteiger partial charge is 0.245 e. The van der Waals surface area contributed by atoms with Gasteiger partial charge in [0.25, 0.3) is 0 Å². The number of nitrogens with one attached hydrogen (secondary N) is 3. The second kappa shape index (κ2) is 21.6. The minimum absolute atomic E-state index is 0.00941. The van der Waals surface area contributed by atoms with E-state index in [2.05, 4.69) is 16.0 Å². The highest BCUT2D eigenvalue weighted by molar-refractivity contribution is 6.01. The van der Waals surface area contributed by atoms with Crippen molar-refractivity contribution in [2.45, 2.75) is 123 Å². The van der Waals surface area contributed by atoms with E-state index in [4.69, 9.17) is 14.2 Å². The van der Waals surface area contributed by atoms with Gasteiger partial charge in [-0.1, -0.05) is 54.9 Å². The van der Waals surface area contributed by atoms with Crippen molar-refractivity contribution in [1.29, 1.82) is 0 Å². The van der Waals surface area contributed by atoms with Gasteiger partial charge in [0.1, 0.15) is 11.9 Å². The number of carbonyl (C=O) groups excluding carboxylic acids is 5. The molecule has 1 saturated heterocycles. The number of amides is 4. The summed E-state index contributed by atoms with van der Waals surface area (Å²) >= 11 is 0. The van der Waals surface area contributed by atoms with Gasteiger partial charge in [-0.25, -0.2) is 4.39 Å². The van der Waals surface area contributed by atoms with E-state index < -0.39 is 60.1 Å². The molecule has 4 amide bonds. The van der Waals surface area contributed by atoms with Gasteiger partial charge < -0.3 is 40.0 Å². The first-order valence-corrected chi connectivity index (χ1v) is 19.1. The maximum absolute atomic E-state index is 14.3. The third-order valence-corrected chi connectivity index (χ3v) is 11.0. The van der Waals surface area contributed by atoms with Crippen LogP contribution in [0, 0.1) is 29.5 Å². The van der Waals surface area contributed by atoms with Crippen LogP contribution in [0.1, 0.15) is 85.0 Å². The molecular formula is C40H66FN5O8. The third kappa shape index (κ3) is 11.8. The van der Waals surface area contributed by atoms with E-state index in [0.29, 0.717) is 12.8 Å². The summed E-state index contributed by atoms with van der Waals surface area (Å²) in [5, 5.41) is 8.76. The van der Waals surface area contributed by atoms with E-state index in [1.807, 2.05) is 41.5 Å².